The Morgan fingerprint density at radius 3 is 2.53 bits per heavy atom. The van der Waals surface area contributed by atoms with Crippen molar-refractivity contribution in [3.8, 4) is 5.75 Å². The molecule has 7 nitrogen and oxygen atoms in total. The maximum atomic E-state index is 13.2. The van der Waals surface area contributed by atoms with Crippen molar-refractivity contribution in [2.45, 2.75) is 39.4 Å². The van der Waals surface area contributed by atoms with Crippen LogP contribution in [0.2, 0.25) is 0 Å². The normalized spacial score (nSPS) is 19.5. The van der Waals surface area contributed by atoms with Crippen molar-refractivity contribution in [1.29, 1.82) is 0 Å². The molecule has 0 aromatic heterocycles. The van der Waals surface area contributed by atoms with E-state index in [2.05, 4.69) is 5.94 Å². The Morgan fingerprint density at radius 2 is 1.93 bits per heavy atom. The highest BCUT2D eigenvalue weighted by atomic mass is 19.1. The number of carbonyl (C=O) groups excluding carboxylic acids is 1. The molecule has 3 rings (SSSR count). The highest BCUT2D eigenvalue weighted by Gasteiger charge is 2.34. The number of aryl methyl sites for hydroxylation is 1. The van der Waals surface area contributed by atoms with Crippen LogP contribution >= 0.6 is 0 Å². The third-order valence-corrected chi connectivity index (χ3v) is 5.42. The molecule has 0 N–H and O–H groups in total. The van der Waals surface area contributed by atoms with E-state index in [-0.39, 0.29) is 30.3 Å². The second-order valence-corrected chi connectivity index (χ2v) is 7.52. The molecule has 0 radical (unpaired) electrons. The van der Waals surface area contributed by atoms with Crippen molar-refractivity contribution in [3.63, 3.8) is 0 Å². The van der Waals surface area contributed by atoms with Gasteiger partial charge in [-0.05, 0) is 50.6 Å². The second kappa shape index (κ2) is 9.07. The van der Waals surface area contributed by atoms with Gasteiger partial charge in [-0.1, -0.05) is 12.1 Å². The van der Waals surface area contributed by atoms with Crippen molar-refractivity contribution >= 4 is 11.6 Å². The van der Waals surface area contributed by atoms with Crippen LogP contribution in [0.5, 0.6) is 5.75 Å². The molecular weight excluding hydrogens is 389 g/mol. The van der Waals surface area contributed by atoms with Crippen LogP contribution in [0.4, 0.5) is 10.1 Å². The fourth-order valence-corrected chi connectivity index (χ4v) is 3.66. The van der Waals surface area contributed by atoms with E-state index in [9.17, 15) is 19.3 Å². The molecule has 2 aromatic rings. The number of halogens is 1. The number of nitrogens with zero attached hydrogens (tertiary/aromatic N) is 3. The Labute approximate surface area is 174 Å². The summed E-state index contributed by atoms with van der Waals surface area (Å²) in [7, 11) is 0. The van der Waals surface area contributed by atoms with Gasteiger partial charge in [0, 0.05) is 30.8 Å². The fraction of sp³-hybridized carbons (Fsp3) is 0.364. The van der Waals surface area contributed by atoms with Gasteiger partial charge in [0.15, 0.2) is 0 Å². The lowest BCUT2D eigenvalue weighted by molar-refractivity contribution is -0.385. The predicted molar refractivity (Wildman–Crippen MR) is 110 cm³/mol. The van der Waals surface area contributed by atoms with Crippen LogP contribution in [-0.4, -0.2) is 46.0 Å². The van der Waals surface area contributed by atoms with E-state index in [1.165, 1.54) is 18.2 Å². The van der Waals surface area contributed by atoms with Gasteiger partial charge in [-0.15, -0.1) is 0 Å². The molecule has 0 spiro atoms. The molecular formula is C22H24FN3O4. The summed E-state index contributed by atoms with van der Waals surface area (Å²) in [6.45, 7) is 6.96. The van der Waals surface area contributed by atoms with E-state index in [1.807, 2.05) is 23.6 Å². The van der Waals surface area contributed by atoms with E-state index in [0.29, 0.717) is 30.1 Å². The second-order valence-electron chi connectivity index (χ2n) is 7.52. The Balaban J connectivity index is 1.68. The molecule has 1 aliphatic heterocycles. The molecule has 1 fully saturated rings. The summed E-state index contributed by atoms with van der Waals surface area (Å²) in [5, 5.41) is 11.0. The number of hydrogen-bond acceptors (Lipinski definition) is 6. The minimum absolute atomic E-state index is 0.0184. The minimum Gasteiger partial charge on any atom is -0.478 e. The van der Waals surface area contributed by atoms with Gasteiger partial charge in [0.1, 0.15) is 29.9 Å². The number of ether oxygens (including phenoxy) is 1. The van der Waals surface area contributed by atoms with E-state index < -0.39 is 4.92 Å². The molecule has 1 aliphatic rings. The summed E-state index contributed by atoms with van der Waals surface area (Å²) in [6, 6.07) is 10.7. The van der Waals surface area contributed by atoms with Crippen molar-refractivity contribution < 1.29 is 18.8 Å². The predicted octanol–water partition coefficient (Wildman–Crippen LogP) is 3.69. The molecule has 0 unspecified atom stereocenters. The van der Waals surface area contributed by atoms with Crippen LogP contribution in [0.15, 0.2) is 48.2 Å². The summed E-state index contributed by atoms with van der Waals surface area (Å²) in [4.78, 5) is 26.3. The van der Waals surface area contributed by atoms with Crippen LogP contribution in [0.3, 0.4) is 0 Å². The minimum atomic E-state index is -0.426. The van der Waals surface area contributed by atoms with Crippen LogP contribution < -0.4 is 4.74 Å². The van der Waals surface area contributed by atoms with Crippen LogP contribution in [-0.2, 0) is 11.3 Å². The zero-order valence-electron chi connectivity index (χ0n) is 17.2. The average molecular weight is 413 g/mol. The number of nitro benzene ring substituents is 1. The molecule has 2 aromatic carbocycles. The number of piperazine rings is 1. The monoisotopic (exact) mass is 413 g/mol. The molecule has 0 aliphatic carbocycles. The van der Waals surface area contributed by atoms with Gasteiger partial charge in [0.05, 0.1) is 11.0 Å². The molecule has 0 saturated carbocycles. The maximum absolute atomic E-state index is 13.2. The lowest BCUT2D eigenvalue weighted by atomic mass is 10.0. The van der Waals surface area contributed by atoms with Crippen molar-refractivity contribution in [2.75, 3.05) is 13.3 Å². The smallest absolute Gasteiger partial charge is 0.272 e. The first kappa shape index (κ1) is 21.5. The van der Waals surface area contributed by atoms with Gasteiger partial charge in [-0.25, -0.2) is 9.18 Å². The first-order valence-electron chi connectivity index (χ1n) is 9.68. The van der Waals surface area contributed by atoms with E-state index in [4.69, 9.17) is 4.74 Å². The topological polar surface area (TPSA) is 75.9 Å². The molecule has 8 heteroatoms. The third kappa shape index (κ3) is 4.67. The quantitative estimate of drug-likeness (QED) is 0.408. The Kier molecular flexibility index (Phi) is 6.50. The van der Waals surface area contributed by atoms with Crippen molar-refractivity contribution in [2.24, 2.45) is 0 Å². The zero-order chi connectivity index (χ0) is 21.8. The summed E-state index contributed by atoms with van der Waals surface area (Å²) in [5.41, 5.74) is 2.00. The largest absolute Gasteiger partial charge is 0.478 e. The molecule has 2 atom stereocenters. The molecule has 0 amide bonds. The highest BCUT2D eigenvalue weighted by molar-refractivity contribution is 5.54. The van der Waals surface area contributed by atoms with E-state index in [1.54, 1.807) is 31.2 Å². The Bertz CT molecular complexity index is 973. The first-order valence-corrected chi connectivity index (χ1v) is 9.68. The van der Waals surface area contributed by atoms with Gasteiger partial charge in [0.2, 0.25) is 0 Å². The van der Waals surface area contributed by atoms with E-state index in [0.717, 1.165) is 5.56 Å². The van der Waals surface area contributed by atoms with Gasteiger partial charge < -0.3 is 9.64 Å². The highest BCUT2D eigenvalue weighted by Crippen LogP contribution is 2.27. The van der Waals surface area contributed by atoms with Crippen LogP contribution in [0.1, 0.15) is 25.0 Å². The van der Waals surface area contributed by atoms with Crippen molar-refractivity contribution in [1.82, 2.24) is 9.80 Å². The standard InChI is InChI=1S/C22H24FN3O4/c1-15-10-20(8-9-21(15)26(28)29)30-14-24-11-16(2)25(22(13-27)17(24)3)12-18-4-6-19(23)7-5-18/h4-10,16-17H,11-12,14H2,1-3H3/t16-,17+/m1/s1. The summed E-state index contributed by atoms with van der Waals surface area (Å²) < 4.78 is 19.0. The zero-order valence-corrected chi connectivity index (χ0v) is 17.2. The molecule has 1 saturated heterocycles. The molecule has 1 heterocycles. The summed E-state index contributed by atoms with van der Waals surface area (Å²) >= 11 is 0. The number of hydrogen-bond donors (Lipinski definition) is 0. The molecule has 158 valence electrons. The van der Waals surface area contributed by atoms with Gasteiger partial charge >= 0.3 is 0 Å². The summed E-state index contributed by atoms with van der Waals surface area (Å²) in [5.74, 6) is 2.30. The molecule has 0 bridgehead atoms. The van der Waals surface area contributed by atoms with Gasteiger partial charge in [-0.2, -0.15) is 0 Å². The average Bonchev–Trinajstić information content (AvgIpc) is 2.71. The Hall–Kier alpha value is -3.22. The van der Waals surface area contributed by atoms with E-state index >= 15 is 0 Å². The number of benzene rings is 2. The SMILES string of the molecule is Cc1cc(OCN2C[C@@H](C)N(Cc3ccc(F)cc3)C(=C=O)[C@@H]2C)ccc1[N+](=O)[O-]. The number of rotatable bonds is 6. The third-order valence-electron chi connectivity index (χ3n) is 5.42. The Morgan fingerprint density at radius 1 is 1.23 bits per heavy atom. The lowest BCUT2D eigenvalue weighted by Crippen LogP contribution is -2.55. The number of nitro groups is 1. The fourth-order valence-electron chi connectivity index (χ4n) is 3.66. The van der Waals surface area contributed by atoms with Crippen molar-refractivity contribution in [3.05, 3.63) is 75.2 Å². The van der Waals surface area contributed by atoms with Gasteiger partial charge in [-0.3, -0.25) is 15.0 Å². The summed E-state index contributed by atoms with van der Waals surface area (Å²) in [6.07, 6.45) is 0. The lowest BCUT2D eigenvalue weighted by Gasteiger charge is -2.45. The van der Waals surface area contributed by atoms with Crippen LogP contribution in [0, 0.1) is 22.9 Å². The first-order chi connectivity index (χ1) is 14.3. The van der Waals surface area contributed by atoms with Crippen LogP contribution in [0.25, 0.3) is 0 Å². The van der Waals surface area contributed by atoms with Gasteiger partial charge in [0.25, 0.3) is 5.69 Å². The molecule has 30 heavy (non-hydrogen) atoms. The maximum Gasteiger partial charge on any atom is 0.272 e.